The maximum absolute atomic E-state index is 2.57. The molecule has 0 bridgehead atoms. The second-order valence-electron chi connectivity index (χ2n) is 17.5. The molecular formula is C62H39N. The van der Waals surface area contributed by atoms with E-state index in [0.717, 1.165) is 23.5 Å². The monoisotopic (exact) mass is 797 g/mol. The molecular weight excluding hydrogens is 759 g/mol. The van der Waals surface area contributed by atoms with Crippen molar-refractivity contribution >= 4 is 81.7 Å². The molecule has 12 aromatic carbocycles. The molecule has 1 spiro atoms. The first-order chi connectivity index (χ1) is 31.3. The minimum absolute atomic E-state index is 0.557. The molecule has 0 unspecified atom stereocenters. The predicted molar refractivity (Wildman–Crippen MR) is 266 cm³/mol. The molecule has 2 aliphatic carbocycles. The number of fused-ring (bicyclic) bond motifs is 13. The standard InChI is InChI=1S/C62H39N/c1-3-19-46-39(14-1)30-31-40-32-34-45(38-53(40)46)63(59-37-42-15-2-4-20-47(42)48-21-5-6-24-51(48)59)58-35-33-44-36-43-18-11-16-41-17-12-28-56(60(41)43)62(57-29-13-25-52(58)61(44)57)54-26-9-7-22-49(54)50-23-8-10-27-55(50)62/h1-35,37-38H,36H2. The highest BCUT2D eigenvalue weighted by Gasteiger charge is 2.48. The van der Waals surface area contributed by atoms with Crippen LogP contribution < -0.4 is 4.90 Å². The molecule has 0 fully saturated rings. The first-order valence-corrected chi connectivity index (χ1v) is 22.1. The van der Waals surface area contributed by atoms with Crippen molar-refractivity contribution in [3.63, 3.8) is 0 Å². The molecule has 0 aliphatic heterocycles. The Labute approximate surface area is 365 Å². The SMILES string of the molecule is c1ccc2c(c1)-c1ccccc1C21c2cccc3cccc(c23)Cc2ccc(N(c3ccc4ccc5ccccc5c4c3)c3cc4ccccc4c4ccccc34)c3cccc1c23. The molecule has 2 aliphatic rings. The van der Waals surface area contributed by atoms with Gasteiger partial charge in [0.15, 0.2) is 0 Å². The highest BCUT2D eigenvalue weighted by Crippen LogP contribution is 2.60. The lowest BCUT2D eigenvalue weighted by Gasteiger charge is -2.38. The van der Waals surface area contributed by atoms with Crippen LogP contribution in [0.15, 0.2) is 224 Å². The fourth-order valence-electron chi connectivity index (χ4n) is 11.9. The van der Waals surface area contributed by atoms with Gasteiger partial charge < -0.3 is 4.90 Å². The molecule has 292 valence electrons. The van der Waals surface area contributed by atoms with E-state index in [-0.39, 0.29) is 0 Å². The third-order valence-electron chi connectivity index (χ3n) is 14.5. The normalized spacial score (nSPS) is 13.5. The Morgan fingerprint density at radius 3 is 1.60 bits per heavy atom. The molecule has 0 amide bonds. The number of nitrogens with zero attached hydrogens (tertiary/aromatic N) is 1. The summed E-state index contributed by atoms with van der Waals surface area (Å²) in [6.07, 6.45) is 0.836. The zero-order valence-corrected chi connectivity index (χ0v) is 34.5. The zero-order valence-electron chi connectivity index (χ0n) is 34.5. The summed E-state index contributed by atoms with van der Waals surface area (Å²) < 4.78 is 0. The summed E-state index contributed by atoms with van der Waals surface area (Å²) in [6.45, 7) is 0. The van der Waals surface area contributed by atoms with Gasteiger partial charge in [-0.2, -0.15) is 0 Å². The van der Waals surface area contributed by atoms with E-state index in [9.17, 15) is 0 Å². The largest absolute Gasteiger partial charge is 0.309 e. The summed E-state index contributed by atoms with van der Waals surface area (Å²) in [5.74, 6) is 0. The topological polar surface area (TPSA) is 3.24 Å². The van der Waals surface area contributed by atoms with Gasteiger partial charge in [-0.05, 0) is 129 Å². The molecule has 1 heteroatoms. The lowest BCUT2D eigenvalue weighted by molar-refractivity contribution is 0.780. The number of anilines is 3. The van der Waals surface area contributed by atoms with E-state index < -0.39 is 5.41 Å². The Kier molecular flexibility index (Phi) is 7.16. The smallest absolute Gasteiger partial charge is 0.0725 e. The fraction of sp³-hybridized carbons (Fsp3) is 0.0323. The maximum atomic E-state index is 2.57. The zero-order chi connectivity index (χ0) is 41.2. The average molecular weight is 798 g/mol. The van der Waals surface area contributed by atoms with Crippen LogP contribution in [-0.4, -0.2) is 0 Å². The van der Waals surface area contributed by atoms with Gasteiger partial charge in [-0.1, -0.05) is 200 Å². The summed E-state index contributed by atoms with van der Waals surface area (Å²) in [5, 5.41) is 15.2. The van der Waals surface area contributed by atoms with E-state index in [2.05, 4.69) is 229 Å². The highest BCUT2D eigenvalue weighted by molar-refractivity contribution is 6.17. The van der Waals surface area contributed by atoms with Gasteiger partial charge in [-0.3, -0.25) is 0 Å². The molecule has 0 saturated carbocycles. The fourth-order valence-corrected chi connectivity index (χ4v) is 11.9. The first-order valence-electron chi connectivity index (χ1n) is 22.1. The van der Waals surface area contributed by atoms with Crippen molar-refractivity contribution in [1.29, 1.82) is 0 Å². The second-order valence-corrected chi connectivity index (χ2v) is 17.5. The first kappa shape index (κ1) is 34.7. The summed E-state index contributed by atoms with van der Waals surface area (Å²) in [7, 11) is 0. The van der Waals surface area contributed by atoms with Crippen LogP contribution in [0.3, 0.4) is 0 Å². The van der Waals surface area contributed by atoms with Crippen LogP contribution in [0.1, 0.15) is 33.4 Å². The Morgan fingerprint density at radius 1 is 0.302 bits per heavy atom. The lowest BCUT2D eigenvalue weighted by atomic mass is 9.63. The number of rotatable bonds is 3. The molecule has 12 aromatic rings. The summed E-state index contributed by atoms with van der Waals surface area (Å²) >= 11 is 0. The van der Waals surface area contributed by atoms with Crippen molar-refractivity contribution in [3.8, 4) is 11.1 Å². The quantitative estimate of drug-likeness (QED) is 0.161. The van der Waals surface area contributed by atoms with Crippen LogP contribution in [0.5, 0.6) is 0 Å². The van der Waals surface area contributed by atoms with Crippen LogP contribution in [0.4, 0.5) is 17.1 Å². The molecule has 14 rings (SSSR count). The molecule has 0 aromatic heterocycles. The minimum Gasteiger partial charge on any atom is -0.309 e. The molecule has 1 nitrogen and oxygen atoms in total. The van der Waals surface area contributed by atoms with Crippen LogP contribution >= 0.6 is 0 Å². The lowest BCUT2D eigenvalue weighted by Crippen LogP contribution is -2.30. The third-order valence-corrected chi connectivity index (χ3v) is 14.5. The summed E-state index contributed by atoms with van der Waals surface area (Å²) in [5.41, 5.74) is 13.6. The van der Waals surface area contributed by atoms with Crippen LogP contribution in [0.2, 0.25) is 0 Å². The van der Waals surface area contributed by atoms with Gasteiger partial charge in [0.1, 0.15) is 0 Å². The van der Waals surface area contributed by atoms with Crippen molar-refractivity contribution < 1.29 is 0 Å². The molecule has 0 N–H and O–H groups in total. The Morgan fingerprint density at radius 2 is 0.825 bits per heavy atom. The van der Waals surface area contributed by atoms with Crippen molar-refractivity contribution in [1.82, 2.24) is 0 Å². The van der Waals surface area contributed by atoms with Gasteiger partial charge in [0.2, 0.25) is 0 Å². The second kappa shape index (κ2) is 13.0. The molecule has 63 heavy (non-hydrogen) atoms. The minimum atomic E-state index is -0.557. The molecule has 0 heterocycles. The molecule has 0 saturated heterocycles. The van der Waals surface area contributed by atoms with Crippen molar-refractivity contribution in [2.45, 2.75) is 11.8 Å². The number of hydrogen-bond donors (Lipinski definition) is 0. The van der Waals surface area contributed by atoms with E-state index in [1.165, 1.54) is 109 Å². The number of benzene rings is 12. The van der Waals surface area contributed by atoms with E-state index >= 15 is 0 Å². The third kappa shape index (κ3) is 4.71. The average Bonchev–Trinajstić information content (AvgIpc) is 3.65. The number of hydrogen-bond acceptors (Lipinski definition) is 1. The van der Waals surface area contributed by atoms with E-state index in [1.807, 2.05) is 0 Å². The van der Waals surface area contributed by atoms with E-state index in [1.54, 1.807) is 0 Å². The summed E-state index contributed by atoms with van der Waals surface area (Å²) in [4.78, 5) is 2.57. The highest BCUT2D eigenvalue weighted by atomic mass is 15.1. The Balaban J connectivity index is 1.15. The van der Waals surface area contributed by atoms with Crippen molar-refractivity contribution in [2.24, 2.45) is 0 Å². The van der Waals surface area contributed by atoms with Gasteiger partial charge in [0.05, 0.1) is 16.8 Å². The Hall–Kier alpha value is -8.00. The van der Waals surface area contributed by atoms with Crippen molar-refractivity contribution in [3.05, 3.63) is 258 Å². The van der Waals surface area contributed by atoms with Crippen molar-refractivity contribution in [2.75, 3.05) is 4.90 Å². The Bertz CT molecular complexity index is 3860. The molecule has 0 atom stereocenters. The van der Waals surface area contributed by atoms with Crippen LogP contribution in [-0.2, 0) is 11.8 Å². The predicted octanol–water partition coefficient (Wildman–Crippen LogP) is 16.3. The van der Waals surface area contributed by atoms with Gasteiger partial charge in [-0.25, -0.2) is 0 Å². The molecule has 0 radical (unpaired) electrons. The van der Waals surface area contributed by atoms with Gasteiger partial charge >= 0.3 is 0 Å². The van der Waals surface area contributed by atoms with Gasteiger partial charge in [0.25, 0.3) is 0 Å². The van der Waals surface area contributed by atoms with Gasteiger partial charge in [-0.15, -0.1) is 0 Å². The summed E-state index contributed by atoms with van der Waals surface area (Å²) in [6, 6.07) is 84.9. The maximum Gasteiger partial charge on any atom is 0.0725 e. The van der Waals surface area contributed by atoms with Crippen LogP contribution in [0.25, 0.3) is 75.8 Å². The van der Waals surface area contributed by atoms with E-state index in [0.29, 0.717) is 0 Å². The van der Waals surface area contributed by atoms with Gasteiger partial charge in [0, 0.05) is 16.5 Å². The van der Waals surface area contributed by atoms with Crippen LogP contribution in [0, 0.1) is 0 Å². The van der Waals surface area contributed by atoms with E-state index in [4.69, 9.17) is 0 Å².